The fraction of sp³-hybridized carbons (Fsp3) is 0.207. The molecule has 7 nitrogen and oxygen atoms in total. The van der Waals surface area contributed by atoms with Crippen molar-refractivity contribution in [2.75, 3.05) is 37.6 Å². The second-order valence-electron chi connectivity index (χ2n) is 9.31. The molecule has 3 aromatic rings. The number of ether oxygens (including phenoxy) is 1. The minimum Gasteiger partial charge on any atom is -0.486 e. The fourth-order valence-electron chi connectivity index (χ4n) is 4.47. The van der Waals surface area contributed by atoms with Crippen LogP contribution in [0.4, 0.5) is 10.5 Å². The maximum absolute atomic E-state index is 13.1. The molecule has 3 amide bonds. The summed E-state index contributed by atoms with van der Waals surface area (Å²) in [5.41, 5.74) is 2.44. The second-order valence-corrected chi connectivity index (χ2v) is 12.4. The molecule has 0 unspecified atom stereocenters. The molecule has 0 saturated carbocycles. The Morgan fingerprint density at radius 1 is 0.951 bits per heavy atom. The topological polar surface area (TPSA) is 70.2 Å². The summed E-state index contributed by atoms with van der Waals surface area (Å²) in [5.74, 6) is -0.364. The number of carbonyl (C=O) groups excluding carboxylic acids is 3. The van der Waals surface area contributed by atoms with Crippen LogP contribution in [0.25, 0.3) is 6.08 Å². The minimum absolute atomic E-state index is 0.169. The van der Waals surface area contributed by atoms with Gasteiger partial charge in [0.05, 0.1) is 14.4 Å². The molecule has 2 saturated heterocycles. The van der Waals surface area contributed by atoms with Crippen molar-refractivity contribution >= 4 is 91.3 Å². The Morgan fingerprint density at radius 2 is 1.68 bits per heavy atom. The summed E-state index contributed by atoms with van der Waals surface area (Å²) in [6.45, 7) is 2.27. The van der Waals surface area contributed by atoms with Crippen LogP contribution in [0.5, 0.6) is 5.75 Å². The van der Waals surface area contributed by atoms with Crippen LogP contribution in [-0.4, -0.2) is 59.6 Å². The SMILES string of the molecule is O=C(CN1C(=O)S/C(=C/c2cc(Cl)c(OCc3ccc(Cl)cc3Cl)c(Br)c2)C1=O)N1CCN(c2ccccc2)CC1. The van der Waals surface area contributed by atoms with E-state index in [1.54, 1.807) is 41.3 Å². The Labute approximate surface area is 265 Å². The van der Waals surface area contributed by atoms with Crippen LogP contribution in [0, 0.1) is 0 Å². The molecule has 41 heavy (non-hydrogen) atoms. The van der Waals surface area contributed by atoms with Gasteiger partial charge in [-0.05, 0) is 75.7 Å². The standard InChI is InChI=1S/C29H23BrCl3N3O4S/c30-22-12-18(13-24(33)27(22)40-17-19-6-7-20(31)15-23(19)32)14-25-28(38)36(29(39)41-25)16-26(37)35-10-8-34(9-11-35)21-4-2-1-3-5-21/h1-7,12-15H,8-11,16-17H2/b25-14+. The van der Waals surface area contributed by atoms with Crippen LogP contribution >= 0.6 is 62.5 Å². The number of hydrogen-bond donors (Lipinski definition) is 0. The summed E-state index contributed by atoms with van der Waals surface area (Å²) in [6.07, 6.45) is 1.57. The highest BCUT2D eigenvalue weighted by molar-refractivity contribution is 9.10. The van der Waals surface area contributed by atoms with Gasteiger partial charge in [-0.1, -0.05) is 59.1 Å². The first kappa shape index (κ1) is 29.8. The van der Waals surface area contributed by atoms with E-state index in [9.17, 15) is 14.4 Å². The molecule has 0 bridgehead atoms. The fourth-order valence-corrected chi connectivity index (χ4v) is 6.76. The number of amides is 3. The number of imide groups is 1. The molecule has 2 heterocycles. The molecule has 0 radical (unpaired) electrons. The number of hydrogen-bond acceptors (Lipinski definition) is 6. The average Bonchev–Trinajstić information content (AvgIpc) is 3.21. The lowest BCUT2D eigenvalue weighted by Gasteiger charge is -2.36. The van der Waals surface area contributed by atoms with Crippen molar-refractivity contribution in [2.45, 2.75) is 6.61 Å². The number of anilines is 1. The molecular weight excluding hydrogens is 673 g/mol. The Bertz CT molecular complexity index is 1510. The summed E-state index contributed by atoms with van der Waals surface area (Å²) in [7, 11) is 0. The Kier molecular flexibility index (Phi) is 9.51. The van der Waals surface area contributed by atoms with Gasteiger partial charge >= 0.3 is 0 Å². The maximum Gasteiger partial charge on any atom is 0.294 e. The van der Waals surface area contributed by atoms with Crippen LogP contribution in [0.2, 0.25) is 15.1 Å². The molecule has 5 rings (SSSR count). The van der Waals surface area contributed by atoms with Crippen molar-refractivity contribution in [1.29, 1.82) is 0 Å². The van der Waals surface area contributed by atoms with Gasteiger partial charge in [-0.3, -0.25) is 19.3 Å². The first-order valence-corrected chi connectivity index (χ1v) is 15.3. The van der Waals surface area contributed by atoms with E-state index in [-0.39, 0.29) is 24.0 Å². The predicted molar refractivity (Wildman–Crippen MR) is 168 cm³/mol. The van der Waals surface area contributed by atoms with E-state index in [1.807, 2.05) is 30.3 Å². The highest BCUT2D eigenvalue weighted by Gasteiger charge is 2.37. The van der Waals surface area contributed by atoms with Gasteiger partial charge in [0.15, 0.2) is 5.75 Å². The van der Waals surface area contributed by atoms with E-state index in [1.165, 1.54) is 0 Å². The van der Waals surface area contributed by atoms with Gasteiger partial charge in [0.2, 0.25) is 5.91 Å². The number of halogens is 4. The normalized spacial score (nSPS) is 16.6. The van der Waals surface area contributed by atoms with Crippen molar-refractivity contribution in [3.63, 3.8) is 0 Å². The monoisotopic (exact) mass is 693 g/mol. The predicted octanol–water partition coefficient (Wildman–Crippen LogP) is 7.37. The van der Waals surface area contributed by atoms with Crippen LogP contribution in [0.15, 0.2) is 70.0 Å². The summed E-state index contributed by atoms with van der Waals surface area (Å²) in [6, 6.07) is 18.5. The van der Waals surface area contributed by atoms with Gasteiger partial charge in [0, 0.05) is 47.5 Å². The van der Waals surface area contributed by atoms with Crippen LogP contribution in [-0.2, 0) is 16.2 Å². The van der Waals surface area contributed by atoms with Crippen molar-refractivity contribution in [2.24, 2.45) is 0 Å². The molecule has 0 atom stereocenters. The second kappa shape index (κ2) is 13.1. The van der Waals surface area contributed by atoms with Gasteiger partial charge < -0.3 is 14.5 Å². The highest BCUT2D eigenvalue weighted by atomic mass is 79.9. The van der Waals surface area contributed by atoms with Crippen LogP contribution in [0.1, 0.15) is 11.1 Å². The number of nitrogens with zero attached hydrogens (tertiary/aromatic N) is 3. The van der Waals surface area contributed by atoms with Gasteiger partial charge in [-0.2, -0.15) is 0 Å². The molecule has 2 aliphatic rings. The van der Waals surface area contributed by atoms with Gasteiger partial charge in [0.1, 0.15) is 13.2 Å². The Hall–Kier alpha value is -2.69. The van der Waals surface area contributed by atoms with Crippen LogP contribution < -0.4 is 9.64 Å². The quantitative estimate of drug-likeness (QED) is 0.241. The summed E-state index contributed by atoms with van der Waals surface area (Å²) < 4.78 is 6.44. The van der Waals surface area contributed by atoms with Crippen molar-refractivity contribution in [3.8, 4) is 5.75 Å². The Morgan fingerprint density at radius 3 is 2.37 bits per heavy atom. The third-order valence-corrected chi connectivity index (χ3v) is 8.99. The van der Waals surface area contributed by atoms with E-state index in [2.05, 4.69) is 20.8 Å². The van der Waals surface area contributed by atoms with Crippen molar-refractivity contribution in [3.05, 3.63) is 96.2 Å². The first-order chi connectivity index (χ1) is 19.7. The molecule has 0 aromatic heterocycles. The van der Waals surface area contributed by atoms with E-state index in [0.29, 0.717) is 57.0 Å². The smallest absolute Gasteiger partial charge is 0.294 e. The number of piperazine rings is 1. The van der Waals surface area contributed by atoms with Gasteiger partial charge in [-0.25, -0.2) is 0 Å². The van der Waals surface area contributed by atoms with E-state index < -0.39 is 11.1 Å². The van der Waals surface area contributed by atoms with Gasteiger partial charge in [0.25, 0.3) is 11.1 Å². The van der Waals surface area contributed by atoms with E-state index in [4.69, 9.17) is 39.5 Å². The van der Waals surface area contributed by atoms with Crippen molar-refractivity contribution in [1.82, 2.24) is 9.80 Å². The number of para-hydroxylation sites is 1. The lowest BCUT2D eigenvalue weighted by molar-refractivity contribution is -0.136. The molecule has 0 aliphatic carbocycles. The van der Waals surface area contributed by atoms with Crippen LogP contribution in [0.3, 0.4) is 0 Å². The zero-order valence-corrected chi connectivity index (χ0v) is 26.2. The van der Waals surface area contributed by atoms with Crippen molar-refractivity contribution < 1.29 is 19.1 Å². The zero-order chi connectivity index (χ0) is 29.1. The van der Waals surface area contributed by atoms with Gasteiger partial charge in [-0.15, -0.1) is 0 Å². The third kappa shape index (κ3) is 7.04. The largest absolute Gasteiger partial charge is 0.486 e. The summed E-state index contributed by atoms with van der Waals surface area (Å²) in [5, 5.41) is 0.824. The van der Waals surface area contributed by atoms with E-state index >= 15 is 0 Å². The summed E-state index contributed by atoms with van der Waals surface area (Å²) in [4.78, 5) is 43.8. The zero-order valence-electron chi connectivity index (χ0n) is 21.5. The summed E-state index contributed by atoms with van der Waals surface area (Å²) >= 11 is 22.9. The molecule has 2 aliphatic heterocycles. The number of carbonyl (C=O) groups is 3. The third-order valence-electron chi connectivity index (χ3n) is 6.63. The molecule has 0 spiro atoms. The number of thioether (sulfide) groups is 1. The molecule has 2 fully saturated rings. The number of rotatable bonds is 7. The number of benzene rings is 3. The maximum atomic E-state index is 13.1. The molecule has 212 valence electrons. The highest BCUT2D eigenvalue weighted by Crippen LogP contribution is 2.38. The minimum atomic E-state index is -0.513. The lowest BCUT2D eigenvalue weighted by Crippen LogP contribution is -2.51. The average molecular weight is 696 g/mol. The molecular formula is C29H23BrCl3N3O4S. The molecule has 12 heteroatoms. The Balaban J connectivity index is 1.21. The lowest BCUT2D eigenvalue weighted by atomic mass is 10.2. The van der Waals surface area contributed by atoms with E-state index in [0.717, 1.165) is 27.9 Å². The molecule has 3 aromatic carbocycles. The molecule has 0 N–H and O–H groups in total. The first-order valence-electron chi connectivity index (χ1n) is 12.6.